The van der Waals surface area contributed by atoms with Crippen molar-refractivity contribution in [2.24, 2.45) is 12.0 Å². The van der Waals surface area contributed by atoms with Gasteiger partial charge in [0.15, 0.2) is 5.96 Å². The van der Waals surface area contributed by atoms with Crippen LogP contribution in [-0.4, -0.2) is 52.7 Å². The molecule has 0 unspecified atom stereocenters. The first-order chi connectivity index (χ1) is 12.6. The monoisotopic (exact) mass is 374 g/mol. The van der Waals surface area contributed by atoms with Crippen molar-refractivity contribution in [2.75, 3.05) is 31.1 Å². The van der Waals surface area contributed by atoms with Crippen molar-refractivity contribution in [1.29, 1.82) is 0 Å². The summed E-state index contributed by atoms with van der Waals surface area (Å²) in [7, 11) is 1.84. The predicted octanol–water partition coefficient (Wildman–Crippen LogP) is 1.89. The van der Waals surface area contributed by atoms with E-state index < -0.39 is 0 Å². The second-order valence-electron chi connectivity index (χ2n) is 6.10. The van der Waals surface area contributed by atoms with E-state index in [1.165, 1.54) is 0 Å². The number of hydrogen-bond acceptors (Lipinski definition) is 3. The second kappa shape index (κ2) is 8.23. The Morgan fingerprint density at radius 2 is 2.15 bits per heavy atom. The molecule has 1 aromatic carbocycles. The fourth-order valence-corrected chi connectivity index (χ4v) is 3.08. The third kappa shape index (κ3) is 4.16. The van der Waals surface area contributed by atoms with Crippen LogP contribution in [0.5, 0.6) is 0 Å². The number of carbonyl (C=O) groups is 1. The van der Waals surface area contributed by atoms with Crippen molar-refractivity contribution in [1.82, 2.24) is 20.0 Å². The van der Waals surface area contributed by atoms with Crippen LogP contribution in [0.15, 0.2) is 41.7 Å². The van der Waals surface area contributed by atoms with E-state index in [4.69, 9.17) is 11.6 Å². The first-order valence-electron chi connectivity index (χ1n) is 8.64. The van der Waals surface area contributed by atoms with Gasteiger partial charge in [0.25, 0.3) is 0 Å². The summed E-state index contributed by atoms with van der Waals surface area (Å²) in [5, 5.41) is 8.11. The maximum Gasteiger partial charge on any atom is 0.246 e. The van der Waals surface area contributed by atoms with Crippen LogP contribution in [0.3, 0.4) is 0 Å². The number of halogens is 1. The molecule has 1 amide bonds. The first kappa shape index (κ1) is 18.3. The van der Waals surface area contributed by atoms with Gasteiger partial charge < -0.3 is 15.1 Å². The molecule has 1 aromatic heterocycles. The summed E-state index contributed by atoms with van der Waals surface area (Å²) in [4.78, 5) is 21.0. The number of aromatic nitrogens is 2. The van der Waals surface area contributed by atoms with E-state index in [9.17, 15) is 4.79 Å². The summed E-state index contributed by atoms with van der Waals surface area (Å²) >= 11 is 6.21. The van der Waals surface area contributed by atoms with E-state index >= 15 is 0 Å². The lowest BCUT2D eigenvalue weighted by Crippen LogP contribution is -2.55. The third-order valence-corrected chi connectivity index (χ3v) is 4.58. The quantitative estimate of drug-likeness (QED) is 0.655. The van der Waals surface area contributed by atoms with Crippen LogP contribution in [0.2, 0.25) is 5.02 Å². The van der Waals surface area contributed by atoms with Crippen LogP contribution in [0.1, 0.15) is 12.5 Å². The standard InChI is InChI=1S/C18H23ClN6O/c1-3-20-18(21-10-14-6-4-5-7-16(14)19)24-8-9-25(17(26)13-24)15-11-22-23(2)12-15/h4-7,11-12H,3,8-10,13H2,1-2H3,(H,20,21). The molecule has 1 N–H and O–H groups in total. The number of hydrogen-bond donors (Lipinski definition) is 1. The molecule has 0 radical (unpaired) electrons. The minimum Gasteiger partial charge on any atom is -0.356 e. The van der Waals surface area contributed by atoms with Crippen molar-refractivity contribution >= 4 is 29.2 Å². The van der Waals surface area contributed by atoms with Gasteiger partial charge in [-0.05, 0) is 18.6 Å². The van der Waals surface area contributed by atoms with Gasteiger partial charge in [-0.25, -0.2) is 4.99 Å². The molecule has 0 spiro atoms. The average molecular weight is 375 g/mol. The van der Waals surface area contributed by atoms with Gasteiger partial charge in [0.2, 0.25) is 5.91 Å². The third-order valence-electron chi connectivity index (χ3n) is 4.22. The minimum absolute atomic E-state index is 0.0348. The van der Waals surface area contributed by atoms with E-state index in [-0.39, 0.29) is 12.5 Å². The lowest BCUT2D eigenvalue weighted by atomic mass is 10.2. The van der Waals surface area contributed by atoms with E-state index in [2.05, 4.69) is 15.4 Å². The fraction of sp³-hybridized carbons (Fsp3) is 0.389. The number of nitrogens with one attached hydrogen (secondary N) is 1. The number of aliphatic imine (C=N–C) groups is 1. The van der Waals surface area contributed by atoms with Crippen LogP contribution >= 0.6 is 11.6 Å². The SMILES string of the molecule is CCNC(=NCc1ccccc1Cl)N1CCN(c2cnn(C)c2)C(=O)C1. The van der Waals surface area contributed by atoms with E-state index in [1.54, 1.807) is 15.8 Å². The molecule has 1 aliphatic rings. The summed E-state index contributed by atoms with van der Waals surface area (Å²) in [5.41, 5.74) is 1.79. The Bertz CT molecular complexity index is 802. The second-order valence-corrected chi connectivity index (χ2v) is 6.51. The molecule has 2 aromatic rings. The molecular weight excluding hydrogens is 352 g/mol. The Morgan fingerprint density at radius 3 is 2.81 bits per heavy atom. The van der Waals surface area contributed by atoms with Crippen molar-refractivity contribution in [3.05, 3.63) is 47.2 Å². The van der Waals surface area contributed by atoms with Crippen LogP contribution in [0.25, 0.3) is 0 Å². The Kier molecular flexibility index (Phi) is 5.78. The zero-order valence-electron chi connectivity index (χ0n) is 15.0. The molecule has 1 aliphatic heterocycles. The van der Waals surface area contributed by atoms with Crippen LogP contribution in [0, 0.1) is 0 Å². The molecule has 1 fully saturated rings. The first-order valence-corrected chi connectivity index (χ1v) is 9.02. The van der Waals surface area contributed by atoms with Crippen LogP contribution < -0.4 is 10.2 Å². The van der Waals surface area contributed by atoms with Crippen molar-refractivity contribution in [3.63, 3.8) is 0 Å². The fourth-order valence-electron chi connectivity index (χ4n) is 2.89. The van der Waals surface area contributed by atoms with E-state index in [1.807, 2.05) is 49.3 Å². The lowest BCUT2D eigenvalue weighted by molar-refractivity contribution is -0.120. The molecule has 0 atom stereocenters. The minimum atomic E-state index is 0.0348. The topological polar surface area (TPSA) is 65.8 Å². The number of aryl methyl sites for hydroxylation is 1. The van der Waals surface area contributed by atoms with Crippen molar-refractivity contribution in [3.8, 4) is 0 Å². The highest BCUT2D eigenvalue weighted by Gasteiger charge is 2.27. The lowest BCUT2D eigenvalue weighted by Gasteiger charge is -2.35. The molecular formula is C18H23ClN6O. The van der Waals surface area contributed by atoms with Gasteiger partial charge in [0, 0.05) is 37.9 Å². The van der Waals surface area contributed by atoms with Gasteiger partial charge in [-0.2, -0.15) is 5.10 Å². The molecule has 8 heteroatoms. The Labute approximate surface area is 158 Å². The molecule has 3 rings (SSSR count). The van der Waals surface area contributed by atoms with Gasteiger partial charge in [0.1, 0.15) is 6.54 Å². The van der Waals surface area contributed by atoms with E-state index in [0.29, 0.717) is 24.7 Å². The van der Waals surface area contributed by atoms with Crippen LogP contribution in [-0.2, 0) is 18.4 Å². The number of amides is 1. The molecule has 26 heavy (non-hydrogen) atoms. The largest absolute Gasteiger partial charge is 0.356 e. The Balaban J connectivity index is 1.70. The van der Waals surface area contributed by atoms with E-state index in [0.717, 1.165) is 23.8 Å². The Morgan fingerprint density at radius 1 is 1.35 bits per heavy atom. The summed E-state index contributed by atoms with van der Waals surface area (Å²) in [6, 6.07) is 7.66. The summed E-state index contributed by atoms with van der Waals surface area (Å²) in [6.45, 7) is 4.80. The smallest absolute Gasteiger partial charge is 0.246 e. The molecule has 0 bridgehead atoms. The number of guanidine groups is 1. The highest BCUT2D eigenvalue weighted by Crippen LogP contribution is 2.18. The number of carbonyl (C=O) groups excluding carboxylic acids is 1. The van der Waals surface area contributed by atoms with Crippen molar-refractivity contribution in [2.45, 2.75) is 13.5 Å². The van der Waals surface area contributed by atoms with Gasteiger partial charge in [-0.1, -0.05) is 29.8 Å². The molecule has 0 aliphatic carbocycles. The average Bonchev–Trinajstić information content (AvgIpc) is 3.06. The summed E-state index contributed by atoms with van der Waals surface area (Å²) in [6.07, 6.45) is 3.56. The van der Waals surface area contributed by atoms with Crippen LogP contribution in [0.4, 0.5) is 5.69 Å². The molecule has 2 heterocycles. The molecule has 1 saturated heterocycles. The zero-order valence-corrected chi connectivity index (χ0v) is 15.8. The van der Waals surface area contributed by atoms with Crippen molar-refractivity contribution < 1.29 is 4.79 Å². The zero-order chi connectivity index (χ0) is 18.5. The highest BCUT2D eigenvalue weighted by molar-refractivity contribution is 6.31. The number of rotatable bonds is 4. The van der Waals surface area contributed by atoms with Gasteiger partial charge in [-0.15, -0.1) is 0 Å². The summed E-state index contributed by atoms with van der Waals surface area (Å²) < 4.78 is 1.70. The number of benzene rings is 1. The number of piperazine rings is 1. The predicted molar refractivity (Wildman–Crippen MR) is 103 cm³/mol. The molecule has 0 saturated carbocycles. The highest BCUT2D eigenvalue weighted by atomic mass is 35.5. The van der Waals surface area contributed by atoms with Gasteiger partial charge >= 0.3 is 0 Å². The molecule has 138 valence electrons. The van der Waals surface area contributed by atoms with Gasteiger partial charge in [-0.3, -0.25) is 9.48 Å². The number of anilines is 1. The molecule has 7 nitrogen and oxygen atoms in total. The van der Waals surface area contributed by atoms with Gasteiger partial charge in [0.05, 0.1) is 18.4 Å². The Hall–Kier alpha value is -2.54. The number of nitrogens with zero attached hydrogens (tertiary/aromatic N) is 5. The maximum atomic E-state index is 12.6. The normalized spacial score (nSPS) is 15.5. The summed E-state index contributed by atoms with van der Waals surface area (Å²) in [5.74, 6) is 0.763. The maximum absolute atomic E-state index is 12.6.